The van der Waals surface area contributed by atoms with Crippen LogP contribution < -0.4 is 0 Å². The van der Waals surface area contributed by atoms with Gasteiger partial charge in [0, 0.05) is 5.57 Å². The topological polar surface area (TPSA) is 60.4 Å². The Morgan fingerprint density at radius 3 is 2.32 bits per heavy atom. The summed E-state index contributed by atoms with van der Waals surface area (Å²) in [6.07, 6.45) is 0.870. The fourth-order valence-electron chi connectivity index (χ4n) is 2.65. The summed E-state index contributed by atoms with van der Waals surface area (Å²) >= 11 is 0. The summed E-state index contributed by atoms with van der Waals surface area (Å²) < 4.78 is 30.8. The van der Waals surface area contributed by atoms with E-state index in [-0.39, 0.29) is 0 Å². The number of carbonyl (C=O) groups excluding carboxylic acids is 1. The molecule has 0 aliphatic heterocycles. The molecule has 0 bridgehead atoms. The summed E-state index contributed by atoms with van der Waals surface area (Å²) in [5, 5.41) is -0.641. The van der Waals surface area contributed by atoms with E-state index >= 15 is 0 Å². The van der Waals surface area contributed by atoms with Gasteiger partial charge in [-0.15, -0.1) is 0 Å². The normalized spacial score (nSPS) is 19.4. The molecule has 4 nitrogen and oxygen atoms in total. The molecule has 1 aromatic carbocycles. The summed E-state index contributed by atoms with van der Waals surface area (Å²) in [6, 6.07) is 8.37. The molecule has 120 valence electrons. The van der Waals surface area contributed by atoms with Crippen molar-refractivity contribution in [3.63, 3.8) is 0 Å². The van der Waals surface area contributed by atoms with Gasteiger partial charge in [-0.05, 0) is 58.2 Å². The summed E-state index contributed by atoms with van der Waals surface area (Å²) in [4.78, 5) is 12.5. The van der Waals surface area contributed by atoms with Crippen LogP contribution in [0.1, 0.15) is 40.5 Å². The minimum atomic E-state index is -3.46. The van der Waals surface area contributed by atoms with Crippen LogP contribution in [0.5, 0.6) is 0 Å². The van der Waals surface area contributed by atoms with E-state index in [0.29, 0.717) is 28.9 Å². The van der Waals surface area contributed by atoms with Gasteiger partial charge in [0.2, 0.25) is 0 Å². The SMILES string of the molecule is CC1=C(C(=O)OC(C)(C)C)CCC1S(=O)(=O)c1ccccc1. The summed E-state index contributed by atoms with van der Waals surface area (Å²) in [6.45, 7) is 7.12. The van der Waals surface area contributed by atoms with Crippen molar-refractivity contribution in [3.05, 3.63) is 41.5 Å². The van der Waals surface area contributed by atoms with Crippen molar-refractivity contribution >= 4 is 15.8 Å². The molecular formula is C17H22O4S. The maximum absolute atomic E-state index is 12.7. The molecule has 0 heterocycles. The molecule has 1 aromatic rings. The van der Waals surface area contributed by atoms with Gasteiger partial charge < -0.3 is 4.74 Å². The zero-order valence-electron chi connectivity index (χ0n) is 13.4. The van der Waals surface area contributed by atoms with Gasteiger partial charge >= 0.3 is 5.97 Å². The lowest BCUT2D eigenvalue weighted by Crippen LogP contribution is -2.25. The average Bonchev–Trinajstić information content (AvgIpc) is 2.80. The van der Waals surface area contributed by atoms with E-state index in [2.05, 4.69) is 0 Å². The van der Waals surface area contributed by atoms with Gasteiger partial charge in [-0.2, -0.15) is 0 Å². The largest absolute Gasteiger partial charge is 0.457 e. The van der Waals surface area contributed by atoms with Crippen LogP contribution in [0.2, 0.25) is 0 Å². The lowest BCUT2D eigenvalue weighted by Gasteiger charge is -2.20. The van der Waals surface area contributed by atoms with Crippen molar-refractivity contribution in [1.82, 2.24) is 0 Å². The second-order valence-corrected chi connectivity index (χ2v) is 8.68. The maximum Gasteiger partial charge on any atom is 0.334 e. The summed E-state index contributed by atoms with van der Waals surface area (Å²) in [7, 11) is -3.46. The number of rotatable bonds is 3. The van der Waals surface area contributed by atoms with Gasteiger partial charge in [0.05, 0.1) is 10.1 Å². The standard InChI is InChI=1S/C17H22O4S/c1-12-14(16(18)21-17(2,3)4)10-11-15(12)22(19,20)13-8-6-5-7-9-13/h5-9,15H,10-11H2,1-4H3. The van der Waals surface area contributed by atoms with Crippen LogP contribution in [0.15, 0.2) is 46.4 Å². The van der Waals surface area contributed by atoms with E-state index < -0.39 is 26.7 Å². The predicted molar refractivity (Wildman–Crippen MR) is 85.2 cm³/mol. The van der Waals surface area contributed by atoms with E-state index in [1.807, 2.05) is 0 Å². The first-order valence-corrected chi connectivity index (χ1v) is 8.89. The molecule has 5 heteroatoms. The Bertz CT molecular complexity index is 694. The number of esters is 1. The molecule has 0 amide bonds. The summed E-state index contributed by atoms with van der Waals surface area (Å²) in [5.41, 5.74) is 0.526. The number of sulfone groups is 1. The van der Waals surface area contributed by atoms with E-state index in [4.69, 9.17) is 4.74 Å². The average molecular weight is 322 g/mol. The first-order valence-electron chi connectivity index (χ1n) is 7.35. The van der Waals surface area contributed by atoms with Crippen LogP contribution in [-0.4, -0.2) is 25.2 Å². The van der Waals surface area contributed by atoms with Crippen LogP contribution in [0, 0.1) is 0 Å². The zero-order chi connectivity index (χ0) is 16.5. The highest BCUT2D eigenvalue weighted by molar-refractivity contribution is 7.92. The molecule has 22 heavy (non-hydrogen) atoms. The Morgan fingerprint density at radius 1 is 1.18 bits per heavy atom. The van der Waals surface area contributed by atoms with Crippen molar-refractivity contribution in [2.24, 2.45) is 0 Å². The maximum atomic E-state index is 12.7. The molecule has 1 aliphatic carbocycles. The van der Waals surface area contributed by atoms with Crippen LogP contribution in [0.3, 0.4) is 0 Å². The van der Waals surface area contributed by atoms with E-state index in [1.54, 1.807) is 58.0 Å². The minimum absolute atomic E-state index is 0.296. The molecule has 0 spiro atoms. The first-order chi connectivity index (χ1) is 10.1. The van der Waals surface area contributed by atoms with Gasteiger partial charge in [-0.25, -0.2) is 13.2 Å². The number of benzene rings is 1. The number of hydrogen-bond acceptors (Lipinski definition) is 4. The molecule has 1 atom stereocenters. The van der Waals surface area contributed by atoms with Crippen LogP contribution in [0.4, 0.5) is 0 Å². The number of carbonyl (C=O) groups is 1. The quantitative estimate of drug-likeness (QED) is 0.801. The van der Waals surface area contributed by atoms with Gasteiger partial charge in [0.25, 0.3) is 0 Å². The molecule has 0 aromatic heterocycles. The smallest absolute Gasteiger partial charge is 0.334 e. The third kappa shape index (κ3) is 3.40. The molecule has 0 saturated carbocycles. The fourth-order valence-corrected chi connectivity index (χ4v) is 4.55. The van der Waals surface area contributed by atoms with Crippen LogP contribution in [0.25, 0.3) is 0 Å². The first kappa shape index (κ1) is 16.7. The van der Waals surface area contributed by atoms with Crippen molar-refractivity contribution < 1.29 is 17.9 Å². The summed E-state index contributed by atoms with van der Waals surface area (Å²) in [5.74, 6) is -0.407. The van der Waals surface area contributed by atoms with E-state index in [0.717, 1.165) is 0 Å². The minimum Gasteiger partial charge on any atom is -0.457 e. The lowest BCUT2D eigenvalue weighted by molar-refractivity contribution is -0.150. The molecule has 0 N–H and O–H groups in total. The third-order valence-electron chi connectivity index (χ3n) is 3.71. The Morgan fingerprint density at radius 2 is 1.77 bits per heavy atom. The number of ether oxygens (including phenoxy) is 1. The van der Waals surface area contributed by atoms with Crippen molar-refractivity contribution in [2.75, 3.05) is 0 Å². The van der Waals surface area contributed by atoms with Crippen molar-refractivity contribution in [3.8, 4) is 0 Å². The van der Waals surface area contributed by atoms with E-state index in [1.165, 1.54) is 0 Å². The van der Waals surface area contributed by atoms with Gasteiger partial charge in [-0.1, -0.05) is 18.2 Å². The highest BCUT2D eigenvalue weighted by Gasteiger charge is 2.37. The lowest BCUT2D eigenvalue weighted by atomic mass is 10.1. The molecule has 2 rings (SSSR count). The van der Waals surface area contributed by atoms with Gasteiger partial charge in [-0.3, -0.25) is 0 Å². The molecule has 1 aliphatic rings. The van der Waals surface area contributed by atoms with Gasteiger partial charge in [0.1, 0.15) is 5.60 Å². The Labute approximate surface area is 132 Å². The zero-order valence-corrected chi connectivity index (χ0v) is 14.2. The molecule has 0 fully saturated rings. The van der Waals surface area contributed by atoms with Crippen LogP contribution >= 0.6 is 0 Å². The van der Waals surface area contributed by atoms with Crippen molar-refractivity contribution in [1.29, 1.82) is 0 Å². The fraction of sp³-hybridized carbons (Fsp3) is 0.471. The second kappa shape index (κ2) is 5.88. The molecule has 1 unspecified atom stereocenters. The highest BCUT2D eigenvalue weighted by Crippen LogP contribution is 2.35. The molecular weight excluding hydrogens is 300 g/mol. The Kier molecular flexibility index (Phi) is 4.47. The monoisotopic (exact) mass is 322 g/mol. The predicted octanol–water partition coefficient (Wildman–Crippen LogP) is 3.28. The van der Waals surface area contributed by atoms with E-state index in [9.17, 15) is 13.2 Å². The van der Waals surface area contributed by atoms with Gasteiger partial charge in [0.15, 0.2) is 9.84 Å². The second-order valence-electron chi connectivity index (χ2n) is 6.55. The van der Waals surface area contributed by atoms with Crippen LogP contribution in [-0.2, 0) is 19.4 Å². The molecule has 0 saturated heterocycles. The molecule has 0 radical (unpaired) electrons. The third-order valence-corrected chi connectivity index (χ3v) is 5.97. The Balaban J connectivity index is 2.31. The Hall–Kier alpha value is -1.62. The van der Waals surface area contributed by atoms with Crippen molar-refractivity contribution in [2.45, 2.75) is 56.3 Å². The highest BCUT2D eigenvalue weighted by atomic mass is 32.2. The number of hydrogen-bond donors (Lipinski definition) is 0.